The van der Waals surface area contributed by atoms with Crippen molar-refractivity contribution in [3.8, 4) is 22.8 Å². The first kappa shape index (κ1) is 23.3. The summed E-state index contributed by atoms with van der Waals surface area (Å²) >= 11 is 0. The minimum atomic E-state index is -0.0220. The first-order valence-corrected chi connectivity index (χ1v) is 11.3. The number of aryl methyl sites for hydroxylation is 4. The van der Waals surface area contributed by atoms with Gasteiger partial charge >= 0.3 is 0 Å². The van der Waals surface area contributed by atoms with E-state index in [0.717, 1.165) is 50.9 Å². The van der Waals surface area contributed by atoms with Gasteiger partial charge in [-0.2, -0.15) is 5.10 Å². The molecule has 2 aromatic carbocycles. The van der Waals surface area contributed by atoms with Crippen LogP contribution in [0.1, 0.15) is 34.5 Å². The van der Waals surface area contributed by atoms with Gasteiger partial charge in [-0.05, 0) is 75.1 Å². The Morgan fingerprint density at radius 1 is 0.971 bits per heavy atom. The van der Waals surface area contributed by atoms with Crippen LogP contribution in [0.3, 0.4) is 0 Å². The lowest BCUT2D eigenvalue weighted by molar-refractivity contribution is -0.116. The molecule has 2 aromatic heterocycles. The van der Waals surface area contributed by atoms with E-state index in [9.17, 15) is 4.79 Å². The Hall–Kier alpha value is -3.87. The molecule has 7 heteroatoms. The normalized spacial score (nSPS) is 11.0. The van der Waals surface area contributed by atoms with Crippen LogP contribution in [0.4, 0.5) is 5.69 Å². The number of hydrogen-bond acceptors (Lipinski definition) is 5. The Labute approximate surface area is 199 Å². The Kier molecular flexibility index (Phi) is 6.54. The molecular formula is C27H30N4O3. The number of nitrogens with zero attached hydrogens (tertiary/aromatic N) is 3. The lowest BCUT2D eigenvalue weighted by Gasteiger charge is -2.12. The van der Waals surface area contributed by atoms with Crippen LogP contribution >= 0.6 is 0 Å². The standard InChI is InChI=1S/C27H30N4O3/c1-16-7-8-20(13-17(16)2)29-27(32)12-11-22-18(3)28-26-15-24(30-31(26)19(22)4)23-10-9-21(33-5)14-25(23)34-6/h7-10,13-15H,11-12H2,1-6H3,(H,29,32). The number of carbonyl (C=O) groups is 1. The molecular weight excluding hydrogens is 428 g/mol. The van der Waals surface area contributed by atoms with E-state index in [1.807, 2.05) is 67.8 Å². The van der Waals surface area contributed by atoms with E-state index >= 15 is 0 Å². The zero-order valence-electron chi connectivity index (χ0n) is 20.5. The molecule has 7 nitrogen and oxygen atoms in total. The zero-order chi connectivity index (χ0) is 24.4. The molecule has 0 atom stereocenters. The second-order valence-corrected chi connectivity index (χ2v) is 8.47. The maximum atomic E-state index is 12.6. The quantitative estimate of drug-likeness (QED) is 0.411. The van der Waals surface area contributed by atoms with Crippen molar-refractivity contribution in [3.63, 3.8) is 0 Å². The fourth-order valence-corrected chi connectivity index (χ4v) is 4.11. The van der Waals surface area contributed by atoms with Gasteiger partial charge < -0.3 is 14.8 Å². The van der Waals surface area contributed by atoms with Gasteiger partial charge in [0.15, 0.2) is 5.65 Å². The number of anilines is 1. The van der Waals surface area contributed by atoms with E-state index in [0.29, 0.717) is 18.6 Å². The van der Waals surface area contributed by atoms with Gasteiger partial charge in [0.05, 0.1) is 19.9 Å². The Balaban J connectivity index is 1.57. The fourth-order valence-electron chi connectivity index (χ4n) is 4.11. The summed E-state index contributed by atoms with van der Waals surface area (Å²) in [5.74, 6) is 1.38. The van der Waals surface area contributed by atoms with Crippen molar-refractivity contribution in [1.29, 1.82) is 0 Å². The van der Waals surface area contributed by atoms with Crippen molar-refractivity contribution in [3.05, 3.63) is 70.5 Å². The molecule has 0 bridgehead atoms. The molecule has 1 amide bonds. The smallest absolute Gasteiger partial charge is 0.224 e. The highest BCUT2D eigenvalue weighted by molar-refractivity contribution is 5.91. The predicted octanol–water partition coefficient (Wildman–Crippen LogP) is 5.22. The summed E-state index contributed by atoms with van der Waals surface area (Å²) in [5, 5.41) is 7.79. The van der Waals surface area contributed by atoms with Crippen LogP contribution < -0.4 is 14.8 Å². The molecule has 0 saturated carbocycles. The van der Waals surface area contributed by atoms with Crippen molar-refractivity contribution in [2.75, 3.05) is 19.5 Å². The molecule has 1 N–H and O–H groups in total. The van der Waals surface area contributed by atoms with Crippen LogP contribution in [0.25, 0.3) is 16.9 Å². The van der Waals surface area contributed by atoms with Gasteiger partial charge in [-0.3, -0.25) is 4.79 Å². The zero-order valence-corrected chi connectivity index (χ0v) is 20.5. The topological polar surface area (TPSA) is 77.8 Å². The average Bonchev–Trinajstić information content (AvgIpc) is 3.24. The van der Waals surface area contributed by atoms with Gasteiger partial charge in [0, 0.05) is 41.2 Å². The van der Waals surface area contributed by atoms with Gasteiger partial charge in [0.25, 0.3) is 0 Å². The van der Waals surface area contributed by atoms with Crippen LogP contribution in [0.5, 0.6) is 11.5 Å². The van der Waals surface area contributed by atoms with Crippen LogP contribution in [0, 0.1) is 27.7 Å². The van der Waals surface area contributed by atoms with E-state index in [2.05, 4.69) is 12.2 Å². The maximum absolute atomic E-state index is 12.6. The number of hydrogen-bond donors (Lipinski definition) is 1. The Morgan fingerprint density at radius 3 is 2.47 bits per heavy atom. The van der Waals surface area contributed by atoms with Crippen LogP contribution in [0.15, 0.2) is 42.5 Å². The number of fused-ring (bicyclic) bond motifs is 1. The Bertz CT molecular complexity index is 1370. The molecule has 0 saturated heterocycles. The lowest BCUT2D eigenvalue weighted by atomic mass is 10.1. The largest absolute Gasteiger partial charge is 0.497 e. The molecule has 0 spiro atoms. The predicted molar refractivity (Wildman–Crippen MR) is 134 cm³/mol. The van der Waals surface area contributed by atoms with E-state index < -0.39 is 0 Å². The summed E-state index contributed by atoms with van der Waals surface area (Å²) < 4.78 is 12.7. The van der Waals surface area contributed by atoms with Crippen LogP contribution in [0.2, 0.25) is 0 Å². The molecule has 0 aliphatic carbocycles. The molecule has 0 aliphatic heterocycles. The number of carbonyl (C=O) groups excluding carboxylic acids is 1. The first-order valence-electron chi connectivity index (χ1n) is 11.3. The number of ether oxygens (including phenoxy) is 2. The number of benzene rings is 2. The van der Waals surface area contributed by atoms with Gasteiger partial charge in [-0.1, -0.05) is 6.07 Å². The third-order valence-electron chi connectivity index (χ3n) is 6.24. The van der Waals surface area contributed by atoms with Crippen molar-refractivity contribution < 1.29 is 14.3 Å². The van der Waals surface area contributed by atoms with Crippen molar-refractivity contribution in [2.24, 2.45) is 0 Å². The lowest BCUT2D eigenvalue weighted by Crippen LogP contribution is -2.14. The van der Waals surface area contributed by atoms with Gasteiger partial charge in [0.2, 0.25) is 5.91 Å². The molecule has 4 aromatic rings. The highest BCUT2D eigenvalue weighted by Crippen LogP contribution is 2.33. The number of nitrogens with one attached hydrogen (secondary N) is 1. The second kappa shape index (κ2) is 9.55. The number of rotatable bonds is 7. The molecule has 176 valence electrons. The highest BCUT2D eigenvalue weighted by Gasteiger charge is 2.17. The summed E-state index contributed by atoms with van der Waals surface area (Å²) in [7, 11) is 3.25. The summed E-state index contributed by atoms with van der Waals surface area (Å²) in [6, 6.07) is 13.5. The van der Waals surface area contributed by atoms with Gasteiger partial charge in [-0.25, -0.2) is 9.50 Å². The molecule has 34 heavy (non-hydrogen) atoms. The summed E-state index contributed by atoms with van der Waals surface area (Å²) in [6.07, 6.45) is 0.945. The van der Waals surface area contributed by atoms with Crippen LogP contribution in [-0.2, 0) is 11.2 Å². The van der Waals surface area contributed by atoms with Gasteiger partial charge in [-0.15, -0.1) is 0 Å². The van der Waals surface area contributed by atoms with E-state index in [1.165, 1.54) is 5.56 Å². The van der Waals surface area contributed by atoms with E-state index in [-0.39, 0.29) is 5.91 Å². The molecule has 2 heterocycles. The fraction of sp³-hybridized carbons (Fsp3) is 0.296. The minimum Gasteiger partial charge on any atom is -0.497 e. The Morgan fingerprint density at radius 2 is 1.76 bits per heavy atom. The van der Waals surface area contributed by atoms with Crippen molar-refractivity contribution in [1.82, 2.24) is 14.6 Å². The summed E-state index contributed by atoms with van der Waals surface area (Å²) in [4.78, 5) is 17.4. The monoisotopic (exact) mass is 458 g/mol. The number of methoxy groups -OCH3 is 2. The minimum absolute atomic E-state index is 0.0220. The SMILES string of the molecule is COc1ccc(-c2cc3nc(C)c(CCC(=O)Nc4ccc(C)c(C)c4)c(C)n3n2)c(OC)c1. The molecule has 0 unspecified atom stereocenters. The second-order valence-electron chi connectivity index (χ2n) is 8.47. The summed E-state index contributed by atoms with van der Waals surface area (Å²) in [5.41, 5.74) is 8.46. The molecule has 4 rings (SSSR count). The van der Waals surface area contributed by atoms with E-state index in [1.54, 1.807) is 14.2 Å². The third-order valence-corrected chi connectivity index (χ3v) is 6.24. The summed E-state index contributed by atoms with van der Waals surface area (Å²) in [6.45, 7) is 8.09. The van der Waals surface area contributed by atoms with Crippen molar-refractivity contribution in [2.45, 2.75) is 40.5 Å². The first-order chi connectivity index (χ1) is 16.3. The van der Waals surface area contributed by atoms with Crippen LogP contribution in [-0.4, -0.2) is 34.7 Å². The molecule has 0 fully saturated rings. The number of aromatic nitrogens is 3. The third kappa shape index (κ3) is 4.59. The molecule has 0 aliphatic rings. The van der Waals surface area contributed by atoms with Gasteiger partial charge in [0.1, 0.15) is 11.5 Å². The molecule has 0 radical (unpaired) electrons. The average molecular weight is 459 g/mol. The van der Waals surface area contributed by atoms with E-state index in [4.69, 9.17) is 19.6 Å². The highest BCUT2D eigenvalue weighted by atomic mass is 16.5. The maximum Gasteiger partial charge on any atom is 0.224 e. The number of amides is 1. The van der Waals surface area contributed by atoms with Crippen molar-refractivity contribution >= 4 is 17.2 Å².